The molecule has 0 aromatic carbocycles. The summed E-state index contributed by atoms with van der Waals surface area (Å²) in [5.41, 5.74) is 0. The Kier molecular flexibility index (Phi) is 4.14. The lowest BCUT2D eigenvalue weighted by Gasteiger charge is -2.05. The van der Waals surface area contributed by atoms with Crippen molar-refractivity contribution >= 4 is 50.3 Å². The zero-order valence-electron chi connectivity index (χ0n) is 10.9. The molecule has 0 aliphatic heterocycles. The topological polar surface area (TPSA) is 50.7 Å². The van der Waals surface area contributed by atoms with Gasteiger partial charge in [-0.2, -0.15) is 0 Å². The molecule has 7 heteroatoms. The van der Waals surface area contributed by atoms with Gasteiger partial charge in [-0.25, -0.2) is 15.0 Å². The van der Waals surface area contributed by atoms with E-state index in [1.165, 1.54) is 4.88 Å². The van der Waals surface area contributed by atoms with Crippen molar-refractivity contribution in [3.63, 3.8) is 0 Å². The van der Waals surface area contributed by atoms with E-state index in [9.17, 15) is 0 Å². The monoisotopic (exact) mass is 324 g/mol. The van der Waals surface area contributed by atoms with Crippen molar-refractivity contribution < 1.29 is 0 Å². The minimum atomic E-state index is 0.291. The lowest BCUT2D eigenvalue weighted by Crippen LogP contribution is -2.06. The number of aryl methyl sites for hydroxylation is 1. The van der Waals surface area contributed by atoms with E-state index in [-0.39, 0.29) is 0 Å². The summed E-state index contributed by atoms with van der Waals surface area (Å²) < 4.78 is 0. The summed E-state index contributed by atoms with van der Waals surface area (Å²) in [6.07, 6.45) is 3.70. The third kappa shape index (κ3) is 2.92. The van der Waals surface area contributed by atoms with Crippen LogP contribution in [0.15, 0.2) is 17.6 Å². The van der Waals surface area contributed by atoms with Crippen molar-refractivity contribution in [1.82, 2.24) is 15.0 Å². The number of fused-ring (bicyclic) bond motifs is 1. The molecule has 0 aliphatic rings. The van der Waals surface area contributed by atoms with Gasteiger partial charge < -0.3 is 5.32 Å². The first-order valence-electron chi connectivity index (χ1n) is 6.34. The summed E-state index contributed by atoms with van der Waals surface area (Å²) in [5.74, 6) is 0.813. The minimum Gasteiger partial charge on any atom is -0.369 e. The molecular formula is C13H13ClN4S2. The van der Waals surface area contributed by atoms with Crippen LogP contribution >= 0.6 is 34.3 Å². The second kappa shape index (κ2) is 6.03. The average molecular weight is 325 g/mol. The lowest BCUT2D eigenvalue weighted by atomic mass is 10.3. The molecule has 0 atom stereocenters. The number of anilines is 1. The molecule has 0 unspecified atom stereocenters. The second-order valence-electron chi connectivity index (χ2n) is 4.23. The van der Waals surface area contributed by atoms with Crippen LogP contribution in [-0.4, -0.2) is 21.5 Å². The molecule has 3 aromatic heterocycles. The van der Waals surface area contributed by atoms with E-state index in [1.807, 2.05) is 11.6 Å². The lowest BCUT2D eigenvalue weighted by molar-refractivity contribution is 0.988. The molecule has 0 amide bonds. The van der Waals surface area contributed by atoms with Crippen LogP contribution in [0.2, 0.25) is 5.28 Å². The number of halogens is 1. The summed E-state index contributed by atoms with van der Waals surface area (Å²) >= 11 is 9.32. The Balaban J connectivity index is 1.80. The smallest absolute Gasteiger partial charge is 0.225 e. The van der Waals surface area contributed by atoms with E-state index in [1.54, 1.807) is 22.7 Å². The van der Waals surface area contributed by atoms with Gasteiger partial charge in [0.15, 0.2) is 0 Å². The van der Waals surface area contributed by atoms with Gasteiger partial charge in [-0.3, -0.25) is 0 Å². The molecule has 0 saturated carbocycles. The van der Waals surface area contributed by atoms with E-state index in [4.69, 9.17) is 11.6 Å². The van der Waals surface area contributed by atoms with Crippen molar-refractivity contribution in [1.29, 1.82) is 0 Å². The summed E-state index contributed by atoms with van der Waals surface area (Å²) in [6.45, 7) is 2.92. The van der Waals surface area contributed by atoms with Crippen LogP contribution in [0.1, 0.15) is 16.8 Å². The molecule has 0 saturated heterocycles. The maximum absolute atomic E-state index is 5.99. The fraction of sp³-hybridized carbons (Fsp3) is 0.308. The third-order valence-corrected chi connectivity index (χ3v) is 5.06. The van der Waals surface area contributed by atoms with Crippen LogP contribution in [0.4, 0.5) is 5.82 Å². The number of thiophene rings is 1. The summed E-state index contributed by atoms with van der Waals surface area (Å²) in [6, 6.07) is 2.14. The van der Waals surface area contributed by atoms with E-state index in [0.29, 0.717) is 5.28 Å². The first-order valence-corrected chi connectivity index (χ1v) is 8.42. The maximum Gasteiger partial charge on any atom is 0.225 e. The molecule has 0 radical (unpaired) electrons. The molecule has 0 fully saturated rings. The number of aromatic nitrogens is 3. The van der Waals surface area contributed by atoms with Gasteiger partial charge in [0.25, 0.3) is 0 Å². The Morgan fingerprint density at radius 3 is 3.00 bits per heavy atom. The largest absolute Gasteiger partial charge is 0.369 e. The number of nitrogens with one attached hydrogen (secondary N) is 1. The summed E-state index contributed by atoms with van der Waals surface area (Å²) in [5, 5.41) is 7.79. The van der Waals surface area contributed by atoms with Crippen molar-refractivity contribution in [2.45, 2.75) is 19.8 Å². The van der Waals surface area contributed by atoms with Crippen LogP contribution in [0.3, 0.4) is 0 Å². The normalized spacial score (nSPS) is 11.1. The van der Waals surface area contributed by atoms with Crippen molar-refractivity contribution in [2.75, 3.05) is 11.9 Å². The van der Waals surface area contributed by atoms with Gasteiger partial charge in [-0.15, -0.1) is 22.7 Å². The summed E-state index contributed by atoms with van der Waals surface area (Å²) in [7, 11) is 0. The molecule has 3 aromatic rings. The zero-order valence-corrected chi connectivity index (χ0v) is 13.3. The average Bonchev–Trinajstić information content (AvgIpc) is 3.06. The Bertz CT molecular complexity index is 709. The van der Waals surface area contributed by atoms with Crippen LogP contribution in [-0.2, 0) is 12.8 Å². The van der Waals surface area contributed by atoms with Crippen LogP contribution < -0.4 is 5.32 Å². The van der Waals surface area contributed by atoms with Crippen molar-refractivity contribution in [3.05, 3.63) is 32.8 Å². The third-order valence-electron chi connectivity index (χ3n) is 2.88. The fourth-order valence-corrected chi connectivity index (χ4v) is 3.73. The van der Waals surface area contributed by atoms with Gasteiger partial charge in [0.2, 0.25) is 5.28 Å². The van der Waals surface area contributed by atoms with E-state index >= 15 is 0 Å². The Morgan fingerprint density at radius 1 is 1.35 bits per heavy atom. The van der Waals surface area contributed by atoms with Gasteiger partial charge >= 0.3 is 0 Å². The Labute approximate surface area is 129 Å². The molecule has 0 spiro atoms. The van der Waals surface area contributed by atoms with Crippen molar-refractivity contribution in [2.24, 2.45) is 0 Å². The van der Waals surface area contributed by atoms with E-state index < -0.39 is 0 Å². The molecule has 1 N–H and O–H groups in total. The van der Waals surface area contributed by atoms with Crippen LogP contribution in [0, 0.1) is 0 Å². The standard InChI is InChI=1S/C13H13ClN4S2/c1-2-8-7-9-11(17-13(14)18-12(9)20-8)16-4-3-10-15-5-6-19-10/h5-7H,2-4H2,1H3,(H,16,17,18). The SMILES string of the molecule is CCc1cc2c(NCCc3nccs3)nc(Cl)nc2s1. The zero-order chi connectivity index (χ0) is 13.9. The van der Waals surface area contributed by atoms with Gasteiger partial charge in [0, 0.05) is 29.4 Å². The fourth-order valence-electron chi connectivity index (χ4n) is 1.92. The van der Waals surface area contributed by atoms with Gasteiger partial charge in [-0.1, -0.05) is 6.92 Å². The second-order valence-corrected chi connectivity index (χ2v) is 6.66. The van der Waals surface area contributed by atoms with Crippen LogP contribution in [0.5, 0.6) is 0 Å². The Hall–Kier alpha value is -1.24. The minimum absolute atomic E-state index is 0.291. The molecule has 0 bridgehead atoms. The van der Waals surface area contributed by atoms with Gasteiger partial charge in [-0.05, 0) is 24.1 Å². The highest BCUT2D eigenvalue weighted by Gasteiger charge is 2.10. The van der Waals surface area contributed by atoms with Crippen LogP contribution in [0.25, 0.3) is 10.2 Å². The highest BCUT2D eigenvalue weighted by molar-refractivity contribution is 7.18. The quantitative estimate of drug-likeness (QED) is 0.720. The molecule has 104 valence electrons. The predicted molar refractivity (Wildman–Crippen MR) is 86.1 cm³/mol. The number of hydrogen-bond donors (Lipinski definition) is 1. The molecule has 3 heterocycles. The highest BCUT2D eigenvalue weighted by atomic mass is 35.5. The van der Waals surface area contributed by atoms with Crippen molar-refractivity contribution in [3.8, 4) is 0 Å². The number of thiazole rings is 1. The van der Waals surface area contributed by atoms with Gasteiger partial charge in [0.05, 0.1) is 10.4 Å². The highest BCUT2D eigenvalue weighted by Crippen LogP contribution is 2.30. The van der Waals surface area contributed by atoms with E-state index in [2.05, 4.69) is 33.3 Å². The number of rotatable bonds is 5. The number of hydrogen-bond acceptors (Lipinski definition) is 6. The maximum atomic E-state index is 5.99. The molecular weight excluding hydrogens is 312 g/mol. The summed E-state index contributed by atoms with van der Waals surface area (Å²) in [4.78, 5) is 15.1. The Morgan fingerprint density at radius 2 is 2.25 bits per heavy atom. The molecule has 4 nitrogen and oxygen atoms in total. The first-order chi connectivity index (χ1) is 9.76. The molecule has 20 heavy (non-hydrogen) atoms. The number of nitrogens with zero attached hydrogens (tertiary/aromatic N) is 3. The van der Waals surface area contributed by atoms with Gasteiger partial charge in [0.1, 0.15) is 10.6 Å². The molecule has 0 aliphatic carbocycles. The van der Waals surface area contributed by atoms with E-state index in [0.717, 1.165) is 40.4 Å². The molecule has 3 rings (SSSR count). The first kappa shape index (κ1) is 13.7. The predicted octanol–water partition coefficient (Wildman–Crippen LogP) is 4.02.